The summed E-state index contributed by atoms with van der Waals surface area (Å²) >= 11 is 11.4. The quantitative estimate of drug-likeness (QED) is 0.828. The van der Waals surface area contributed by atoms with Crippen molar-refractivity contribution >= 4 is 35.0 Å². The Morgan fingerprint density at radius 3 is 2.50 bits per heavy atom. The summed E-state index contributed by atoms with van der Waals surface area (Å²) in [7, 11) is 0. The lowest BCUT2D eigenvalue weighted by atomic mass is 10.2. The van der Waals surface area contributed by atoms with Crippen LogP contribution in [0.25, 0.3) is 0 Å². The van der Waals surface area contributed by atoms with E-state index in [1.54, 1.807) is 0 Å². The van der Waals surface area contributed by atoms with Crippen molar-refractivity contribution < 1.29 is 23.0 Å². The highest BCUT2D eigenvalue weighted by molar-refractivity contribution is 8.00. The highest BCUT2D eigenvalue weighted by Gasteiger charge is 2.27. The molecule has 0 bridgehead atoms. The smallest absolute Gasteiger partial charge is 0.441 e. The Kier molecular flexibility index (Phi) is 5.91. The zero-order valence-corrected chi connectivity index (χ0v) is 11.3. The number of hydrogen-bond donors (Lipinski definition) is 1. The lowest BCUT2D eigenvalue weighted by Crippen LogP contribution is -2.08. The molecule has 0 unspecified atom stereocenters. The van der Waals surface area contributed by atoms with E-state index in [1.807, 2.05) is 0 Å². The van der Waals surface area contributed by atoms with Gasteiger partial charge in [-0.25, -0.2) is 0 Å². The molecule has 0 saturated heterocycles. The van der Waals surface area contributed by atoms with E-state index in [-0.39, 0.29) is 41.5 Å². The van der Waals surface area contributed by atoms with Gasteiger partial charge in [-0.2, -0.15) is 13.2 Å². The van der Waals surface area contributed by atoms with Crippen LogP contribution in [0.5, 0.6) is 5.75 Å². The molecule has 0 fully saturated rings. The third-order valence-electron chi connectivity index (χ3n) is 1.85. The molecule has 1 aromatic rings. The molecule has 0 aromatic heterocycles. The van der Waals surface area contributed by atoms with Gasteiger partial charge in [0.2, 0.25) is 0 Å². The monoisotopic (exact) mass is 320 g/mol. The van der Waals surface area contributed by atoms with Gasteiger partial charge in [-0.1, -0.05) is 23.2 Å². The predicted molar refractivity (Wildman–Crippen MR) is 66.4 cm³/mol. The van der Waals surface area contributed by atoms with Gasteiger partial charge in [0.15, 0.2) is 0 Å². The number of benzene rings is 1. The zero-order valence-electron chi connectivity index (χ0n) is 8.93. The van der Waals surface area contributed by atoms with Gasteiger partial charge >= 0.3 is 5.51 Å². The van der Waals surface area contributed by atoms with Crippen LogP contribution in [-0.2, 0) is 6.61 Å². The summed E-state index contributed by atoms with van der Waals surface area (Å²) in [5, 5.41) is 9.55. The molecule has 0 radical (unpaired) electrons. The second kappa shape index (κ2) is 6.75. The molecular weight excluding hydrogens is 312 g/mol. The van der Waals surface area contributed by atoms with Crippen molar-refractivity contribution in [1.82, 2.24) is 0 Å². The molecule has 0 saturated carbocycles. The van der Waals surface area contributed by atoms with Gasteiger partial charge in [0.05, 0.1) is 18.2 Å². The Bertz CT molecular complexity index is 413. The molecule has 0 aliphatic carbocycles. The Morgan fingerprint density at radius 1 is 1.28 bits per heavy atom. The molecule has 0 heterocycles. The predicted octanol–water partition coefficient (Wildman–Crippen LogP) is 4.12. The normalized spacial score (nSPS) is 11.7. The van der Waals surface area contributed by atoms with Crippen molar-refractivity contribution in [3.63, 3.8) is 0 Å². The number of alkyl halides is 3. The molecule has 18 heavy (non-hydrogen) atoms. The van der Waals surface area contributed by atoms with Crippen LogP contribution in [0.1, 0.15) is 5.56 Å². The van der Waals surface area contributed by atoms with Crippen molar-refractivity contribution in [2.45, 2.75) is 12.1 Å². The van der Waals surface area contributed by atoms with Crippen molar-refractivity contribution in [3.05, 3.63) is 27.7 Å². The van der Waals surface area contributed by atoms with E-state index in [0.29, 0.717) is 10.6 Å². The van der Waals surface area contributed by atoms with E-state index in [9.17, 15) is 13.2 Å². The van der Waals surface area contributed by atoms with E-state index in [4.69, 9.17) is 33.0 Å². The van der Waals surface area contributed by atoms with Gasteiger partial charge in [0.25, 0.3) is 0 Å². The first kappa shape index (κ1) is 15.8. The van der Waals surface area contributed by atoms with Crippen LogP contribution in [0.2, 0.25) is 10.0 Å². The molecular formula is C10H9Cl2F3O2S. The maximum Gasteiger partial charge on any atom is 0.441 e. The molecule has 2 nitrogen and oxygen atoms in total. The minimum Gasteiger partial charge on any atom is -0.491 e. The second-order valence-corrected chi connectivity index (χ2v) is 5.18. The number of aliphatic hydroxyl groups is 1. The fourth-order valence-corrected chi connectivity index (χ4v) is 2.18. The Labute approximate surface area is 116 Å². The minimum atomic E-state index is -4.28. The Balaban J connectivity index is 2.62. The summed E-state index contributed by atoms with van der Waals surface area (Å²) in [6, 6.07) is 2.84. The van der Waals surface area contributed by atoms with Gasteiger partial charge < -0.3 is 9.84 Å². The first-order valence-corrected chi connectivity index (χ1v) is 6.50. The summed E-state index contributed by atoms with van der Waals surface area (Å²) in [6.07, 6.45) is 0. The summed E-state index contributed by atoms with van der Waals surface area (Å²) < 4.78 is 40.8. The molecule has 1 rings (SSSR count). The van der Waals surface area contributed by atoms with Crippen LogP contribution in [0.15, 0.2) is 12.1 Å². The number of halogens is 5. The number of rotatable bonds is 5. The number of ether oxygens (including phenoxy) is 1. The average molecular weight is 321 g/mol. The van der Waals surface area contributed by atoms with Crippen LogP contribution in [0.4, 0.5) is 13.2 Å². The molecule has 1 aromatic carbocycles. The molecule has 102 valence electrons. The molecule has 1 N–H and O–H groups in total. The lowest BCUT2D eigenvalue weighted by molar-refractivity contribution is -0.0329. The highest BCUT2D eigenvalue weighted by Crippen LogP contribution is 2.33. The highest BCUT2D eigenvalue weighted by atomic mass is 35.5. The van der Waals surface area contributed by atoms with Gasteiger partial charge in [-0.3, -0.25) is 0 Å². The summed E-state index contributed by atoms with van der Waals surface area (Å²) in [5.41, 5.74) is -3.95. The Hall–Kier alpha value is -0.300. The third-order valence-corrected chi connectivity index (χ3v) is 3.05. The molecule has 0 aliphatic heterocycles. The van der Waals surface area contributed by atoms with E-state index >= 15 is 0 Å². The summed E-state index contributed by atoms with van der Waals surface area (Å²) in [4.78, 5) is 0. The van der Waals surface area contributed by atoms with E-state index in [1.165, 1.54) is 12.1 Å². The van der Waals surface area contributed by atoms with Crippen LogP contribution < -0.4 is 4.74 Å². The summed E-state index contributed by atoms with van der Waals surface area (Å²) in [5.74, 6) is -0.0980. The van der Waals surface area contributed by atoms with Crippen molar-refractivity contribution in [3.8, 4) is 5.75 Å². The average Bonchev–Trinajstić information content (AvgIpc) is 2.24. The molecule has 0 atom stereocenters. The van der Waals surface area contributed by atoms with Crippen molar-refractivity contribution in [2.75, 3.05) is 12.4 Å². The largest absolute Gasteiger partial charge is 0.491 e. The maximum atomic E-state index is 11.9. The maximum absolute atomic E-state index is 11.9. The standard InChI is InChI=1S/C10H9Cl2F3O2S/c11-7-3-6(5-16)9(8(12)4-7)17-1-2-18-10(13,14)15/h3-4,16H,1-2,5H2. The summed E-state index contributed by atoms with van der Waals surface area (Å²) in [6.45, 7) is -0.527. The molecule has 0 amide bonds. The van der Waals surface area contributed by atoms with E-state index in [2.05, 4.69) is 0 Å². The topological polar surface area (TPSA) is 29.5 Å². The first-order chi connectivity index (χ1) is 8.33. The number of hydrogen-bond acceptors (Lipinski definition) is 3. The number of thioether (sulfide) groups is 1. The van der Waals surface area contributed by atoms with Gasteiger partial charge in [-0.05, 0) is 23.9 Å². The molecule has 0 spiro atoms. The van der Waals surface area contributed by atoms with Gasteiger partial charge in [0.1, 0.15) is 5.75 Å². The molecule has 8 heteroatoms. The van der Waals surface area contributed by atoms with Crippen LogP contribution in [-0.4, -0.2) is 23.0 Å². The van der Waals surface area contributed by atoms with E-state index < -0.39 is 5.51 Å². The minimum absolute atomic E-state index is 0.156. The molecule has 0 aliphatic rings. The Morgan fingerprint density at radius 2 is 1.94 bits per heavy atom. The fourth-order valence-electron chi connectivity index (χ4n) is 1.19. The van der Waals surface area contributed by atoms with Gasteiger partial charge in [-0.15, -0.1) is 0 Å². The van der Waals surface area contributed by atoms with Crippen molar-refractivity contribution in [2.24, 2.45) is 0 Å². The SMILES string of the molecule is OCc1cc(Cl)cc(Cl)c1OCCSC(F)(F)F. The first-order valence-electron chi connectivity index (χ1n) is 4.75. The van der Waals surface area contributed by atoms with Crippen LogP contribution in [0.3, 0.4) is 0 Å². The zero-order chi connectivity index (χ0) is 13.8. The number of aliphatic hydroxyl groups excluding tert-OH is 1. The van der Waals surface area contributed by atoms with Crippen molar-refractivity contribution in [1.29, 1.82) is 0 Å². The fraction of sp³-hybridized carbons (Fsp3) is 0.400. The van der Waals surface area contributed by atoms with Gasteiger partial charge in [0, 0.05) is 16.3 Å². The van der Waals surface area contributed by atoms with E-state index in [0.717, 1.165) is 0 Å². The third kappa shape index (κ3) is 5.14. The van der Waals surface area contributed by atoms with Crippen LogP contribution >= 0.6 is 35.0 Å². The lowest BCUT2D eigenvalue weighted by Gasteiger charge is -2.12. The van der Waals surface area contributed by atoms with Crippen LogP contribution in [0, 0.1) is 0 Å². The second-order valence-electron chi connectivity index (χ2n) is 3.18.